The number of carbonyl (C=O) groups excluding carboxylic acids is 1. The van der Waals surface area contributed by atoms with Crippen LogP contribution in [0.2, 0.25) is 18.1 Å². The first-order valence-corrected chi connectivity index (χ1v) is 11.6. The lowest BCUT2D eigenvalue weighted by Gasteiger charge is -2.41. The molecule has 1 aliphatic carbocycles. The van der Waals surface area contributed by atoms with Crippen LogP contribution in [-0.2, 0) is 18.8 Å². The van der Waals surface area contributed by atoms with Crippen molar-refractivity contribution in [2.75, 3.05) is 7.11 Å². The van der Waals surface area contributed by atoms with Gasteiger partial charge in [0, 0.05) is 11.7 Å². The van der Waals surface area contributed by atoms with Gasteiger partial charge in [-0.05, 0) is 49.7 Å². The molecule has 0 atom stereocenters. The normalized spacial score (nSPS) is 23.0. The van der Waals surface area contributed by atoms with Gasteiger partial charge in [0.2, 0.25) is 0 Å². The van der Waals surface area contributed by atoms with Crippen LogP contribution in [0.25, 0.3) is 0 Å². The number of aliphatic carboxylic acids is 1. The lowest BCUT2D eigenvalue weighted by Crippen LogP contribution is -2.44. The van der Waals surface area contributed by atoms with Gasteiger partial charge in [-0.3, -0.25) is 4.79 Å². The molecule has 138 valence electrons. The van der Waals surface area contributed by atoms with Crippen LogP contribution in [0.15, 0.2) is 11.6 Å². The number of allylic oxidation sites excluding steroid dienone is 1. The third-order valence-corrected chi connectivity index (χ3v) is 9.75. The Balaban J connectivity index is 2.65. The summed E-state index contributed by atoms with van der Waals surface area (Å²) in [5.74, 6) is -1.34. The number of esters is 1. The summed E-state index contributed by atoms with van der Waals surface area (Å²) >= 11 is 0. The zero-order valence-electron chi connectivity index (χ0n) is 15.8. The summed E-state index contributed by atoms with van der Waals surface area (Å²) in [6.45, 7) is 11.2. The molecule has 0 saturated heterocycles. The van der Waals surface area contributed by atoms with E-state index in [1.165, 1.54) is 7.11 Å². The third kappa shape index (κ3) is 6.05. The van der Waals surface area contributed by atoms with E-state index in [0.29, 0.717) is 0 Å². The topological polar surface area (TPSA) is 72.8 Å². The summed E-state index contributed by atoms with van der Waals surface area (Å²) in [6.07, 6.45) is 5.52. The molecule has 1 saturated carbocycles. The Morgan fingerprint density at radius 3 is 2.12 bits per heavy atom. The van der Waals surface area contributed by atoms with E-state index in [1.807, 2.05) is 0 Å². The van der Waals surface area contributed by atoms with Gasteiger partial charge in [-0.2, -0.15) is 0 Å². The second-order valence-corrected chi connectivity index (χ2v) is 12.9. The van der Waals surface area contributed by atoms with Gasteiger partial charge in [-0.15, -0.1) is 0 Å². The van der Waals surface area contributed by atoms with E-state index in [9.17, 15) is 9.59 Å². The molecule has 24 heavy (non-hydrogen) atoms. The minimum absolute atomic E-state index is 0.198. The van der Waals surface area contributed by atoms with Crippen LogP contribution in [0.5, 0.6) is 0 Å². The average molecular weight is 357 g/mol. The number of carboxylic acids is 1. The summed E-state index contributed by atoms with van der Waals surface area (Å²) in [5.41, 5.74) is 0.249. The van der Waals surface area contributed by atoms with Gasteiger partial charge in [0.1, 0.15) is 0 Å². The van der Waals surface area contributed by atoms with E-state index in [1.54, 1.807) is 6.08 Å². The van der Waals surface area contributed by atoms with Crippen molar-refractivity contribution in [1.82, 2.24) is 0 Å². The van der Waals surface area contributed by atoms with Crippen molar-refractivity contribution in [2.45, 2.75) is 77.1 Å². The molecule has 0 radical (unpaired) electrons. The second-order valence-electron chi connectivity index (χ2n) is 8.17. The Hall–Kier alpha value is -1.14. The molecule has 5 nitrogen and oxygen atoms in total. The van der Waals surface area contributed by atoms with Gasteiger partial charge in [0.15, 0.2) is 8.32 Å². The fourth-order valence-corrected chi connectivity index (χ4v) is 4.17. The molecule has 0 heterocycles. The molecular formula is C18H32O5Si. The van der Waals surface area contributed by atoms with Crippen LogP contribution >= 0.6 is 0 Å². The first-order chi connectivity index (χ1) is 11.0. The number of methoxy groups -OCH3 is 1. The molecule has 0 aromatic heterocycles. The van der Waals surface area contributed by atoms with Gasteiger partial charge in [-0.25, -0.2) is 4.79 Å². The predicted octanol–water partition coefficient (Wildman–Crippen LogP) is 4.14. The van der Waals surface area contributed by atoms with Crippen molar-refractivity contribution in [3.63, 3.8) is 0 Å². The zero-order chi connectivity index (χ0) is 18.5. The van der Waals surface area contributed by atoms with E-state index in [2.05, 4.69) is 38.6 Å². The monoisotopic (exact) mass is 356 g/mol. The Morgan fingerprint density at radius 1 is 1.17 bits per heavy atom. The second kappa shape index (κ2) is 8.29. The molecule has 0 amide bonds. The van der Waals surface area contributed by atoms with E-state index >= 15 is 0 Å². The first-order valence-electron chi connectivity index (χ1n) is 8.65. The molecule has 1 fully saturated rings. The summed E-state index contributed by atoms with van der Waals surface area (Å²) in [5, 5.41) is 9.14. The Kier molecular flexibility index (Phi) is 7.22. The Morgan fingerprint density at radius 2 is 1.71 bits per heavy atom. The minimum Gasteiger partial charge on any atom is -0.481 e. The van der Waals surface area contributed by atoms with Crippen LogP contribution < -0.4 is 0 Å². The number of rotatable bonds is 6. The number of hydrogen-bond donors (Lipinski definition) is 1. The minimum atomic E-state index is -1.76. The quantitative estimate of drug-likeness (QED) is 0.440. The molecule has 0 unspecified atom stereocenters. The summed E-state index contributed by atoms with van der Waals surface area (Å²) < 4.78 is 11.2. The molecule has 0 aromatic carbocycles. The molecule has 0 bridgehead atoms. The van der Waals surface area contributed by atoms with Gasteiger partial charge >= 0.3 is 11.9 Å². The van der Waals surface area contributed by atoms with Crippen molar-refractivity contribution < 1.29 is 23.9 Å². The molecule has 0 aromatic rings. The molecule has 1 N–H and O–H groups in total. The molecule has 0 spiro atoms. The summed E-state index contributed by atoms with van der Waals surface area (Å²) in [7, 11) is -0.479. The highest BCUT2D eigenvalue weighted by Crippen LogP contribution is 2.39. The van der Waals surface area contributed by atoms with Crippen LogP contribution in [0.4, 0.5) is 0 Å². The van der Waals surface area contributed by atoms with Crippen molar-refractivity contribution in [1.29, 1.82) is 0 Å². The predicted molar refractivity (Wildman–Crippen MR) is 96.4 cm³/mol. The van der Waals surface area contributed by atoms with Gasteiger partial charge < -0.3 is 14.3 Å². The van der Waals surface area contributed by atoms with Crippen LogP contribution in [0, 0.1) is 5.92 Å². The zero-order valence-corrected chi connectivity index (χ0v) is 16.8. The molecule has 1 aliphatic rings. The number of carbonyl (C=O) groups is 2. The fourth-order valence-electron chi connectivity index (χ4n) is 2.74. The summed E-state index contributed by atoms with van der Waals surface area (Å²) in [6, 6.07) is 0. The van der Waals surface area contributed by atoms with E-state index in [0.717, 1.165) is 25.7 Å². The third-order valence-electron chi connectivity index (χ3n) is 5.21. The van der Waals surface area contributed by atoms with E-state index < -0.39 is 20.3 Å². The molecule has 6 heteroatoms. The molecule has 1 rings (SSSR count). The van der Waals surface area contributed by atoms with Crippen molar-refractivity contribution in [2.24, 2.45) is 5.92 Å². The van der Waals surface area contributed by atoms with Gasteiger partial charge in [-0.1, -0.05) is 26.8 Å². The molecular weight excluding hydrogens is 324 g/mol. The van der Waals surface area contributed by atoms with Gasteiger partial charge in [0.25, 0.3) is 0 Å². The number of ether oxygens (including phenoxy) is 1. The largest absolute Gasteiger partial charge is 0.481 e. The standard InChI is InChI=1S/C18H32O5Si/c1-18(2,3)24(5,6)23-15-9-7-13(8-10-15)11-14(12-16(19)20)17(21)22-4/h11,13,15H,7-10,12H2,1-6H3,(H,19,20)/b14-11+. The van der Waals surface area contributed by atoms with Crippen molar-refractivity contribution in [3.8, 4) is 0 Å². The SMILES string of the molecule is COC(=O)/C(=C/C1CCC(O[Si](C)(C)C(C)(C)C)CC1)CC(=O)O. The van der Waals surface area contributed by atoms with Crippen LogP contribution in [-0.4, -0.2) is 38.6 Å². The average Bonchev–Trinajstić information content (AvgIpc) is 2.45. The lowest BCUT2D eigenvalue weighted by molar-refractivity contribution is -0.141. The number of hydrogen-bond acceptors (Lipinski definition) is 4. The first kappa shape index (κ1) is 20.9. The maximum atomic E-state index is 11.7. The number of carboxylic acid groups (broad SMARTS) is 1. The highest BCUT2D eigenvalue weighted by Gasteiger charge is 2.39. The maximum absolute atomic E-state index is 11.7. The van der Waals surface area contributed by atoms with Crippen LogP contribution in [0.3, 0.4) is 0 Å². The fraction of sp³-hybridized carbons (Fsp3) is 0.778. The highest BCUT2D eigenvalue weighted by molar-refractivity contribution is 6.74. The summed E-state index contributed by atoms with van der Waals surface area (Å²) in [4.78, 5) is 22.6. The highest BCUT2D eigenvalue weighted by atomic mass is 28.4. The maximum Gasteiger partial charge on any atom is 0.334 e. The Bertz CT molecular complexity index is 482. The van der Waals surface area contributed by atoms with Crippen molar-refractivity contribution in [3.05, 3.63) is 11.6 Å². The van der Waals surface area contributed by atoms with E-state index in [4.69, 9.17) is 9.53 Å². The molecule has 0 aliphatic heterocycles. The van der Waals surface area contributed by atoms with Crippen LogP contribution in [0.1, 0.15) is 52.9 Å². The van der Waals surface area contributed by atoms with Crippen molar-refractivity contribution >= 4 is 20.3 Å². The van der Waals surface area contributed by atoms with Gasteiger partial charge in [0.05, 0.1) is 13.5 Å². The smallest absolute Gasteiger partial charge is 0.334 e. The van der Waals surface area contributed by atoms with E-state index in [-0.39, 0.29) is 29.1 Å². The lowest BCUT2D eigenvalue weighted by atomic mass is 9.86. The Labute approximate surface area is 146 Å².